The summed E-state index contributed by atoms with van der Waals surface area (Å²) in [6.45, 7) is 4.03. The van der Waals surface area contributed by atoms with Crippen LogP contribution in [-0.4, -0.2) is 65.9 Å². The van der Waals surface area contributed by atoms with E-state index in [0.717, 1.165) is 49.1 Å². The number of piperidine rings is 1. The Bertz CT molecular complexity index is 1190. The highest BCUT2D eigenvalue weighted by molar-refractivity contribution is 7.13. The van der Waals surface area contributed by atoms with Gasteiger partial charge in [0.05, 0.1) is 30.7 Å². The first-order valence-corrected chi connectivity index (χ1v) is 13.4. The van der Waals surface area contributed by atoms with Crippen molar-refractivity contribution >= 4 is 33.2 Å². The van der Waals surface area contributed by atoms with Gasteiger partial charge in [0.2, 0.25) is 0 Å². The van der Waals surface area contributed by atoms with E-state index in [-0.39, 0.29) is 11.2 Å². The van der Waals surface area contributed by atoms with Crippen molar-refractivity contribution < 1.29 is 27.4 Å². The molecule has 0 atom stereocenters. The maximum absolute atomic E-state index is 13.0. The van der Waals surface area contributed by atoms with E-state index in [1.54, 1.807) is 0 Å². The molecule has 0 spiro atoms. The van der Waals surface area contributed by atoms with Crippen LogP contribution >= 0.6 is 11.3 Å². The summed E-state index contributed by atoms with van der Waals surface area (Å²) in [6, 6.07) is 3.64. The second-order valence-electron chi connectivity index (χ2n) is 9.51. The number of nitrogens with one attached hydrogen (secondary N) is 1. The number of thiazole rings is 1. The number of fused-ring (bicyclic) bond motifs is 1. The normalized spacial score (nSPS) is 18.3. The van der Waals surface area contributed by atoms with Gasteiger partial charge in [-0.15, -0.1) is 11.3 Å². The molecule has 0 amide bonds. The second-order valence-corrected chi connectivity index (χ2v) is 10.4. The number of likely N-dealkylation sites (tertiary alicyclic amines) is 1. The fourth-order valence-corrected chi connectivity index (χ4v) is 5.35. The van der Waals surface area contributed by atoms with Crippen LogP contribution in [0.25, 0.3) is 10.9 Å². The standard InChI is InChI=1S/C25H30F3N5O3S/c1-33-7-2-16(3-8-33)4-11-35-18-12-19-22(20(13-18)36-17-5-9-34-10-6-17)23(30-15-29-19)32-24-31-21(14-37-24)25(26,27)28/h12-17H,2-11H2,1H3,(H,29,30,31,32). The van der Waals surface area contributed by atoms with Crippen LogP contribution in [0.2, 0.25) is 0 Å². The zero-order chi connectivity index (χ0) is 25.8. The molecule has 8 nitrogen and oxygen atoms in total. The number of anilines is 2. The molecule has 0 unspecified atom stereocenters. The third kappa shape index (κ3) is 6.60. The van der Waals surface area contributed by atoms with Crippen molar-refractivity contribution in [2.45, 2.75) is 44.4 Å². The lowest BCUT2D eigenvalue weighted by Gasteiger charge is -2.28. The number of aromatic nitrogens is 3. The van der Waals surface area contributed by atoms with Gasteiger partial charge in [-0.25, -0.2) is 15.0 Å². The van der Waals surface area contributed by atoms with Gasteiger partial charge in [-0.2, -0.15) is 13.2 Å². The molecular formula is C25H30F3N5O3S. The Morgan fingerprint density at radius 3 is 2.65 bits per heavy atom. The Morgan fingerprint density at radius 2 is 1.92 bits per heavy atom. The molecule has 0 bridgehead atoms. The van der Waals surface area contributed by atoms with Gasteiger partial charge in [0.25, 0.3) is 0 Å². The monoisotopic (exact) mass is 537 g/mol. The van der Waals surface area contributed by atoms with E-state index in [1.165, 1.54) is 19.2 Å². The molecule has 5 rings (SSSR count). The number of alkyl halides is 3. The van der Waals surface area contributed by atoms with Crippen molar-refractivity contribution in [3.63, 3.8) is 0 Å². The molecular weight excluding hydrogens is 507 g/mol. The third-order valence-electron chi connectivity index (χ3n) is 6.79. The van der Waals surface area contributed by atoms with Gasteiger partial charge in [-0.3, -0.25) is 0 Å². The fourth-order valence-electron chi connectivity index (χ4n) is 4.63. The molecule has 3 aromatic rings. The average Bonchev–Trinajstić information content (AvgIpc) is 3.35. The van der Waals surface area contributed by atoms with Gasteiger partial charge < -0.3 is 24.4 Å². The molecule has 2 aliphatic rings. The minimum absolute atomic E-state index is 0.0591. The van der Waals surface area contributed by atoms with Crippen molar-refractivity contribution in [2.75, 3.05) is 45.3 Å². The lowest BCUT2D eigenvalue weighted by Crippen LogP contribution is -2.30. The Labute approximate surface area is 217 Å². The van der Waals surface area contributed by atoms with E-state index in [9.17, 15) is 13.2 Å². The predicted molar refractivity (Wildman–Crippen MR) is 135 cm³/mol. The topological polar surface area (TPSA) is 81.6 Å². The molecule has 0 saturated carbocycles. The maximum atomic E-state index is 13.0. The van der Waals surface area contributed by atoms with Gasteiger partial charge in [0, 0.05) is 30.4 Å². The van der Waals surface area contributed by atoms with Crippen molar-refractivity contribution in [3.05, 3.63) is 29.5 Å². The van der Waals surface area contributed by atoms with E-state index in [4.69, 9.17) is 14.2 Å². The van der Waals surface area contributed by atoms with E-state index in [0.29, 0.717) is 54.0 Å². The quantitative estimate of drug-likeness (QED) is 0.403. The van der Waals surface area contributed by atoms with Crippen LogP contribution in [0.1, 0.15) is 37.8 Å². The predicted octanol–water partition coefficient (Wildman–Crippen LogP) is 5.52. The Kier molecular flexibility index (Phi) is 7.96. The van der Waals surface area contributed by atoms with Crippen LogP contribution in [-0.2, 0) is 10.9 Å². The number of hydrogen-bond donors (Lipinski definition) is 1. The highest BCUT2D eigenvalue weighted by Gasteiger charge is 2.34. The summed E-state index contributed by atoms with van der Waals surface area (Å²) in [6.07, 6.45) is 1.59. The summed E-state index contributed by atoms with van der Waals surface area (Å²) in [5, 5.41) is 4.56. The molecule has 2 saturated heterocycles. The number of rotatable bonds is 8. The lowest BCUT2D eigenvalue weighted by molar-refractivity contribution is -0.140. The first-order valence-electron chi connectivity index (χ1n) is 12.5. The molecule has 2 aromatic heterocycles. The van der Waals surface area contributed by atoms with Crippen LogP contribution in [0.4, 0.5) is 24.1 Å². The van der Waals surface area contributed by atoms with Crippen LogP contribution < -0.4 is 14.8 Å². The molecule has 200 valence electrons. The minimum Gasteiger partial charge on any atom is -0.493 e. The summed E-state index contributed by atoms with van der Waals surface area (Å²) < 4.78 is 57.1. The first-order chi connectivity index (χ1) is 17.8. The van der Waals surface area contributed by atoms with Crippen molar-refractivity contribution in [1.82, 2.24) is 19.9 Å². The number of benzene rings is 1. The van der Waals surface area contributed by atoms with Gasteiger partial charge >= 0.3 is 6.18 Å². The first kappa shape index (κ1) is 25.9. The summed E-state index contributed by atoms with van der Waals surface area (Å²) in [5.41, 5.74) is -0.374. The van der Waals surface area contributed by atoms with Crippen molar-refractivity contribution in [2.24, 2.45) is 5.92 Å². The van der Waals surface area contributed by atoms with Gasteiger partial charge in [0.15, 0.2) is 10.8 Å². The van der Waals surface area contributed by atoms with Gasteiger partial charge in [-0.05, 0) is 45.3 Å². The molecule has 1 aromatic carbocycles. The SMILES string of the molecule is CN1CCC(CCOc2cc(OC3CCOCC3)c3c(Nc4nc(C(F)(F)F)cs4)ncnc3c2)CC1. The Morgan fingerprint density at radius 1 is 1.14 bits per heavy atom. The number of hydrogen-bond acceptors (Lipinski definition) is 9. The molecule has 1 N–H and O–H groups in total. The van der Waals surface area contributed by atoms with E-state index < -0.39 is 11.9 Å². The van der Waals surface area contributed by atoms with Crippen LogP contribution in [0, 0.1) is 5.92 Å². The molecule has 12 heteroatoms. The van der Waals surface area contributed by atoms with E-state index in [1.807, 2.05) is 12.1 Å². The molecule has 2 aliphatic heterocycles. The largest absolute Gasteiger partial charge is 0.493 e. The zero-order valence-corrected chi connectivity index (χ0v) is 21.4. The smallest absolute Gasteiger partial charge is 0.434 e. The Hall–Kier alpha value is -2.70. The maximum Gasteiger partial charge on any atom is 0.434 e. The van der Waals surface area contributed by atoms with Crippen molar-refractivity contribution in [3.8, 4) is 11.5 Å². The van der Waals surface area contributed by atoms with E-state index in [2.05, 4.69) is 32.2 Å². The van der Waals surface area contributed by atoms with Gasteiger partial charge in [-0.1, -0.05) is 0 Å². The minimum atomic E-state index is -4.51. The highest BCUT2D eigenvalue weighted by atomic mass is 32.1. The summed E-state index contributed by atoms with van der Waals surface area (Å²) in [5.74, 6) is 2.13. The number of halogens is 3. The molecule has 4 heterocycles. The average molecular weight is 538 g/mol. The second kappa shape index (κ2) is 11.4. The van der Waals surface area contributed by atoms with Gasteiger partial charge in [0.1, 0.15) is 29.7 Å². The molecule has 2 fully saturated rings. The van der Waals surface area contributed by atoms with Crippen molar-refractivity contribution in [1.29, 1.82) is 0 Å². The van der Waals surface area contributed by atoms with Crippen LogP contribution in [0.15, 0.2) is 23.8 Å². The lowest BCUT2D eigenvalue weighted by atomic mass is 9.94. The summed E-state index contributed by atoms with van der Waals surface area (Å²) in [7, 11) is 2.15. The molecule has 37 heavy (non-hydrogen) atoms. The summed E-state index contributed by atoms with van der Waals surface area (Å²) >= 11 is 0.862. The number of nitrogens with zero attached hydrogens (tertiary/aromatic N) is 4. The summed E-state index contributed by atoms with van der Waals surface area (Å²) in [4.78, 5) is 14.7. The number of ether oxygens (including phenoxy) is 3. The molecule has 0 aliphatic carbocycles. The van der Waals surface area contributed by atoms with Crippen LogP contribution in [0.5, 0.6) is 11.5 Å². The highest BCUT2D eigenvalue weighted by Crippen LogP contribution is 2.38. The fraction of sp³-hybridized carbons (Fsp3) is 0.560. The third-order valence-corrected chi connectivity index (χ3v) is 7.55. The van der Waals surface area contributed by atoms with Crippen LogP contribution in [0.3, 0.4) is 0 Å². The Balaban J connectivity index is 1.39. The molecule has 0 radical (unpaired) electrons. The van der Waals surface area contributed by atoms with E-state index >= 15 is 0 Å². The zero-order valence-electron chi connectivity index (χ0n) is 20.6.